The zero-order valence-electron chi connectivity index (χ0n) is 15.9. The average Bonchev–Trinajstić information content (AvgIpc) is 3.32. The summed E-state index contributed by atoms with van der Waals surface area (Å²) in [6, 6.07) is 11.6. The minimum absolute atomic E-state index is 0.0169. The van der Waals surface area contributed by atoms with Gasteiger partial charge in [0.05, 0.1) is 17.9 Å². The van der Waals surface area contributed by atoms with Gasteiger partial charge in [-0.3, -0.25) is 0 Å². The first-order valence-electron chi connectivity index (χ1n) is 9.98. The van der Waals surface area contributed by atoms with E-state index < -0.39 is 0 Å². The van der Waals surface area contributed by atoms with Gasteiger partial charge in [-0.1, -0.05) is 6.42 Å². The number of hydrogen-bond acceptors (Lipinski definition) is 2. The maximum Gasteiger partial charge on any atom is 0.124 e. The van der Waals surface area contributed by atoms with Crippen LogP contribution in [0.4, 0.5) is 8.78 Å². The van der Waals surface area contributed by atoms with Crippen LogP contribution in [0.1, 0.15) is 36.7 Å². The molecule has 3 N–H and O–H groups in total. The normalized spacial score (nSPS) is 15.5. The van der Waals surface area contributed by atoms with E-state index in [1.165, 1.54) is 24.6 Å². The van der Waals surface area contributed by atoms with Gasteiger partial charge in [0.1, 0.15) is 17.5 Å². The Morgan fingerprint density at radius 3 is 2.62 bits per heavy atom. The fourth-order valence-corrected chi connectivity index (χ4v) is 3.92. The van der Waals surface area contributed by atoms with Crippen molar-refractivity contribution in [1.29, 1.82) is 0 Å². The Bertz CT molecular complexity index is 1130. The first kappa shape index (κ1) is 18.1. The van der Waals surface area contributed by atoms with E-state index in [2.05, 4.69) is 20.3 Å². The Balaban J connectivity index is 1.45. The summed E-state index contributed by atoms with van der Waals surface area (Å²) in [6.07, 6.45) is 7.98. The van der Waals surface area contributed by atoms with Crippen LogP contribution in [0.15, 0.2) is 54.9 Å². The summed E-state index contributed by atoms with van der Waals surface area (Å²) in [5, 5.41) is 4.60. The Labute approximate surface area is 167 Å². The number of imidazole rings is 1. The highest BCUT2D eigenvalue weighted by molar-refractivity contribution is 5.83. The first-order valence-corrected chi connectivity index (χ1v) is 9.98. The van der Waals surface area contributed by atoms with Crippen LogP contribution in [0, 0.1) is 11.6 Å². The van der Waals surface area contributed by atoms with Crippen LogP contribution in [0.5, 0.6) is 0 Å². The van der Waals surface area contributed by atoms with Crippen molar-refractivity contribution in [3.05, 3.63) is 77.9 Å². The number of nitrogens with zero attached hydrogens (tertiary/aromatic N) is 1. The molecule has 2 heterocycles. The van der Waals surface area contributed by atoms with Gasteiger partial charge >= 0.3 is 0 Å². The molecule has 148 valence electrons. The molecule has 0 bridgehead atoms. The smallest absolute Gasteiger partial charge is 0.124 e. The molecule has 1 fully saturated rings. The summed E-state index contributed by atoms with van der Waals surface area (Å²) in [5.41, 5.74) is 3.72. The number of H-pyrrole nitrogens is 2. The Morgan fingerprint density at radius 1 is 1.07 bits per heavy atom. The second-order valence-corrected chi connectivity index (χ2v) is 7.74. The summed E-state index contributed by atoms with van der Waals surface area (Å²) in [5.74, 6) is 0.338. The summed E-state index contributed by atoms with van der Waals surface area (Å²) < 4.78 is 27.0. The summed E-state index contributed by atoms with van der Waals surface area (Å²) >= 11 is 0. The number of aromatic nitrogens is 3. The fourth-order valence-electron chi connectivity index (χ4n) is 3.92. The zero-order chi connectivity index (χ0) is 19.8. The highest BCUT2D eigenvalue weighted by Crippen LogP contribution is 2.29. The molecule has 1 aliphatic rings. The van der Waals surface area contributed by atoms with Gasteiger partial charge in [-0.05, 0) is 72.9 Å². The molecule has 0 saturated heterocycles. The third-order valence-corrected chi connectivity index (χ3v) is 5.78. The Hall–Kier alpha value is -2.99. The van der Waals surface area contributed by atoms with Crippen LogP contribution in [0.25, 0.3) is 22.2 Å². The van der Waals surface area contributed by atoms with E-state index in [0.29, 0.717) is 12.5 Å². The predicted molar refractivity (Wildman–Crippen MR) is 109 cm³/mol. The van der Waals surface area contributed by atoms with Gasteiger partial charge in [0.25, 0.3) is 0 Å². The molecule has 0 aliphatic heterocycles. The van der Waals surface area contributed by atoms with Crippen LogP contribution >= 0.6 is 0 Å². The lowest BCUT2D eigenvalue weighted by atomic mass is 9.91. The minimum Gasteiger partial charge on any atom is -0.361 e. The number of halogens is 2. The van der Waals surface area contributed by atoms with Crippen molar-refractivity contribution < 1.29 is 8.78 Å². The SMILES string of the molecule is Fc1ccc(-c2cnc(C(Cc3c[nH]c4ccc(F)cc34)NC3CCC3)[nH]2)cc1. The molecular formula is C23H22F2N4. The second kappa shape index (κ2) is 7.44. The highest BCUT2D eigenvalue weighted by Gasteiger charge is 2.25. The topological polar surface area (TPSA) is 56.5 Å². The molecule has 6 heteroatoms. The van der Waals surface area contributed by atoms with Crippen molar-refractivity contribution in [2.24, 2.45) is 0 Å². The molecule has 2 aromatic carbocycles. The Morgan fingerprint density at radius 2 is 1.86 bits per heavy atom. The van der Waals surface area contributed by atoms with Crippen LogP contribution in [-0.2, 0) is 6.42 Å². The zero-order valence-corrected chi connectivity index (χ0v) is 15.9. The first-order chi connectivity index (χ1) is 14.2. The van der Waals surface area contributed by atoms with Crippen LogP contribution in [-0.4, -0.2) is 21.0 Å². The third kappa shape index (κ3) is 3.68. The van der Waals surface area contributed by atoms with E-state index in [1.807, 2.05) is 6.20 Å². The van der Waals surface area contributed by atoms with Crippen LogP contribution in [0.2, 0.25) is 0 Å². The van der Waals surface area contributed by atoms with Gasteiger partial charge in [0.2, 0.25) is 0 Å². The second-order valence-electron chi connectivity index (χ2n) is 7.74. The molecule has 5 rings (SSSR count). The van der Waals surface area contributed by atoms with E-state index in [9.17, 15) is 8.78 Å². The van der Waals surface area contributed by atoms with E-state index in [1.54, 1.807) is 30.5 Å². The highest BCUT2D eigenvalue weighted by atomic mass is 19.1. The molecule has 4 aromatic rings. The summed E-state index contributed by atoms with van der Waals surface area (Å²) in [4.78, 5) is 11.2. The predicted octanol–water partition coefficient (Wildman–Crippen LogP) is 5.26. The van der Waals surface area contributed by atoms with Gasteiger partial charge in [0, 0.05) is 23.1 Å². The molecule has 29 heavy (non-hydrogen) atoms. The van der Waals surface area contributed by atoms with Crippen molar-refractivity contribution >= 4 is 10.9 Å². The maximum absolute atomic E-state index is 13.8. The molecule has 0 amide bonds. The number of hydrogen-bond donors (Lipinski definition) is 3. The lowest BCUT2D eigenvalue weighted by Gasteiger charge is -2.30. The molecular weight excluding hydrogens is 370 g/mol. The fraction of sp³-hybridized carbons (Fsp3) is 0.261. The van der Waals surface area contributed by atoms with Crippen molar-refractivity contribution in [2.45, 2.75) is 37.8 Å². The van der Waals surface area contributed by atoms with Gasteiger partial charge in [-0.15, -0.1) is 0 Å². The van der Waals surface area contributed by atoms with Crippen LogP contribution in [0.3, 0.4) is 0 Å². The van der Waals surface area contributed by atoms with E-state index in [0.717, 1.165) is 46.4 Å². The van der Waals surface area contributed by atoms with Gasteiger partial charge in [-0.25, -0.2) is 13.8 Å². The third-order valence-electron chi connectivity index (χ3n) is 5.78. The Kier molecular flexibility index (Phi) is 4.64. The molecule has 1 unspecified atom stereocenters. The largest absolute Gasteiger partial charge is 0.361 e. The molecule has 0 radical (unpaired) electrons. The van der Waals surface area contributed by atoms with Gasteiger partial charge in [0.15, 0.2) is 0 Å². The quantitative estimate of drug-likeness (QED) is 0.419. The van der Waals surface area contributed by atoms with Crippen molar-refractivity contribution in [2.75, 3.05) is 0 Å². The molecule has 1 atom stereocenters. The van der Waals surface area contributed by atoms with Gasteiger partial charge in [-0.2, -0.15) is 0 Å². The average molecular weight is 392 g/mol. The van der Waals surface area contributed by atoms with E-state index >= 15 is 0 Å². The lowest BCUT2D eigenvalue weighted by Crippen LogP contribution is -2.39. The number of nitrogens with one attached hydrogen (secondary N) is 3. The van der Waals surface area contributed by atoms with Crippen molar-refractivity contribution in [3.63, 3.8) is 0 Å². The summed E-state index contributed by atoms with van der Waals surface area (Å²) in [7, 11) is 0. The monoisotopic (exact) mass is 392 g/mol. The molecule has 1 aliphatic carbocycles. The molecule has 1 saturated carbocycles. The maximum atomic E-state index is 13.8. The number of aromatic amines is 2. The lowest BCUT2D eigenvalue weighted by molar-refractivity contribution is 0.300. The number of benzene rings is 2. The van der Waals surface area contributed by atoms with Gasteiger partial charge < -0.3 is 15.3 Å². The number of rotatable bonds is 6. The molecule has 4 nitrogen and oxygen atoms in total. The number of fused-ring (bicyclic) bond motifs is 1. The molecule has 0 spiro atoms. The van der Waals surface area contributed by atoms with Crippen LogP contribution < -0.4 is 5.32 Å². The van der Waals surface area contributed by atoms with E-state index in [-0.39, 0.29) is 17.7 Å². The van der Waals surface area contributed by atoms with Crippen molar-refractivity contribution in [1.82, 2.24) is 20.3 Å². The van der Waals surface area contributed by atoms with Crippen molar-refractivity contribution in [3.8, 4) is 11.3 Å². The summed E-state index contributed by atoms with van der Waals surface area (Å²) in [6.45, 7) is 0. The minimum atomic E-state index is -0.260. The van der Waals surface area contributed by atoms with E-state index in [4.69, 9.17) is 0 Å². The molecule has 2 aromatic heterocycles. The standard InChI is InChI=1S/C23H22F2N4/c24-16-6-4-14(5-7-16)22-13-27-23(29-22)21(28-18-2-1-3-18)10-15-12-26-20-9-8-17(25)11-19(15)20/h4-9,11-13,18,21,26,28H,1-3,10H2,(H,27,29).